The number of benzene rings is 1. The van der Waals surface area contributed by atoms with E-state index >= 15 is 0 Å². The molecule has 130 valence electrons. The topological polar surface area (TPSA) is 37.3 Å². The smallest absolute Gasteiger partial charge is 0.258 e. The Morgan fingerprint density at radius 1 is 1.21 bits per heavy atom. The number of hydrogen-bond acceptors (Lipinski definition) is 3. The fourth-order valence-corrected chi connectivity index (χ4v) is 4.11. The normalized spacial score (nSPS) is 23.5. The van der Waals surface area contributed by atoms with Gasteiger partial charge >= 0.3 is 0 Å². The first-order chi connectivity index (χ1) is 11.5. The van der Waals surface area contributed by atoms with Crippen molar-refractivity contribution in [2.45, 2.75) is 51.7 Å². The molecule has 1 aromatic heterocycles. The highest BCUT2D eigenvalue weighted by Gasteiger charge is 2.29. The molecule has 0 bridgehead atoms. The second-order valence-electron chi connectivity index (χ2n) is 7.25. The number of nitrogens with zero attached hydrogens (tertiary/aromatic N) is 2. The Hall–Kier alpha value is -1.65. The van der Waals surface area contributed by atoms with Gasteiger partial charge in [0, 0.05) is 43.3 Å². The van der Waals surface area contributed by atoms with Crippen molar-refractivity contribution in [3.63, 3.8) is 0 Å². The van der Waals surface area contributed by atoms with Crippen molar-refractivity contribution >= 4 is 10.8 Å². The Morgan fingerprint density at radius 3 is 2.54 bits per heavy atom. The molecular formula is C20H29N3O. The van der Waals surface area contributed by atoms with Gasteiger partial charge in [-0.2, -0.15) is 0 Å². The summed E-state index contributed by atoms with van der Waals surface area (Å²) in [6.45, 7) is 8.75. The average Bonchev–Trinajstić information content (AvgIpc) is 2.55. The zero-order valence-corrected chi connectivity index (χ0v) is 15.2. The van der Waals surface area contributed by atoms with E-state index in [1.54, 1.807) is 0 Å². The van der Waals surface area contributed by atoms with Gasteiger partial charge in [-0.3, -0.25) is 9.69 Å². The highest BCUT2D eigenvalue weighted by atomic mass is 16.1. The van der Waals surface area contributed by atoms with Crippen LogP contribution < -0.4 is 10.9 Å². The zero-order chi connectivity index (χ0) is 17.3. The van der Waals surface area contributed by atoms with E-state index in [9.17, 15) is 4.79 Å². The average molecular weight is 327 g/mol. The van der Waals surface area contributed by atoms with Crippen molar-refractivity contribution < 1.29 is 0 Å². The summed E-state index contributed by atoms with van der Waals surface area (Å²) in [5, 5.41) is 5.46. The van der Waals surface area contributed by atoms with Gasteiger partial charge in [0.25, 0.3) is 5.56 Å². The van der Waals surface area contributed by atoms with Crippen molar-refractivity contribution in [2.24, 2.45) is 7.05 Å². The quantitative estimate of drug-likeness (QED) is 0.938. The fourth-order valence-electron chi connectivity index (χ4n) is 4.11. The molecule has 0 saturated carbocycles. The van der Waals surface area contributed by atoms with Gasteiger partial charge in [0.15, 0.2) is 0 Å². The number of rotatable bonds is 4. The highest BCUT2D eigenvalue weighted by Crippen LogP contribution is 2.28. The number of aromatic nitrogens is 1. The van der Waals surface area contributed by atoms with E-state index in [-0.39, 0.29) is 5.56 Å². The third-order valence-corrected chi connectivity index (χ3v) is 5.12. The Morgan fingerprint density at radius 2 is 1.88 bits per heavy atom. The van der Waals surface area contributed by atoms with Crippen LogP contribution in [0, 0.1) is 0 Å². The van der Waals surface area contributed by atoms with Crippen LogP contribution >= 0.6 is 0 Å². The Balaban J connectivity index is 2.07. The Kier molecular flexibility index (Phi) is 5.07. The summed E-state index contributed by atoms with van der Waals surface area (Å²) < 4.78 is 1.86. The Labute approximate surface area is 144 Å². The molecule has 1 aromatic carbocycles. The van der Waals surface area contributed by atoms with Crippen LogP contribution in [-0.4, -0.2) is 34.6 Å². The SMILES string of the molecule is CCCC(c1cc2ccccc2c(=O)n1C)N1C[C@@H](C)N[C@@H](C)C1. The van der Waals surface area contributed by atoms with Crippen molar-refractivity contribution in [2.75, 3.05) is 13.1 Å². The van der Waals surface area contributed by atoms with Crippen molar-refractivity contribution in [1.29, 1.82) is 0 Å². The maximum Gasteiger partial charge on any atom is 0.258 e. The number of hydrogen-bond donors (Lipinski definition) is 1. The molecule has 1 fully saturated rings. The van der Waals surface area contributed by atoms with Gasteiger partial charge in [0.05, 0.1) is 6.04 Å². The van der Waals surface area contributed by atoms with E-state index in [0.717, 1.165) is 42.4 Å². The van der Waals surface area contributed by atoms with Crippen LogP contribution in [0.4, 0.5) is 0 Å². The monoisotopic (exact) mass is 327 g/mol. The number of fused-ring (bicyclic) bond motifs is 1. The van der Waals surface area contributed by atoms with Crippen LogP contribution in [0.2, 0.25) is 0 Å². The van der Waals surface area contributed by atoms with E-state index in [4.69, 9.17) is 0 Å². The highest BCUT2D eigenvalue weighted by molar-refractivity contribution is 5.81. The van der Waals surface area contributed by atoms with Gasteiger partial charge in [0.2, 0.25) is 0 Å². The molecule has 24 heavy (non-hydrogen) atoms. The second-order valence-corrected chi connectivity index (χ2v) is 7.25. The van der Waals surface area contributed by atoms with Gasteiger partial charge < -0.3 is 9.88 Å². The molecule has 4 heteroatoms. The number of nitrogens with one attached hydrogen (secondary N) is 1. The van der Waals surface area contributed by atoms with Gasteiger partial charge in [-0.25, -0.2) is 0 Å². The molecule has 0 radical (unpaired) electrons. The zero-order valence-electron chi connectivity index (χ0n) is 15.2. The molecule has 0 amide bonds. The van der Waals surface area contributed by atoms with Crippen LogP contribution in [0.1, 0.15) is 45.3 Å². The lowest BCUT2D eigenvalue weighted by Gasteiger charge is -2.41. The van der Waals surface area contributed by atoms with E-state index in [0.29, 0.717) is 18.1 Å². The molecule has 3 rings (SSSR count). The van der Waals surface area contributed by atoms with Crippen LogP contribution in [0.5, 0.6) is 0 Å². The molecule has 1 unspecified atom stereocenters. The number of piperazine rings is 1. The standard InChI is InChI=1S/C20H29N3O/c1-5-8-18(23-12-14(2)21-15(3)13-23)19-11-16-9-6-7-10-17(16)20(24)22(19)4/h6-7,9-11,14-15,18,21H,5,8,12-13H2,1-4H3/t14-,15+,18?. The van der Waals surface area contributed by atoms with E-state index in [2.05, 4.69) is 37.1 Å². The van der Waals surface area contributed by atoms with Crippen LogP contribution in [0.25, 0.3) is 10.8 Å². The number of pyridine rings is 1. The minimum absolute atomic E-state index is 0.112. The maximum absolute atomic E-state index is 12.8. The van der Waals surface area contributed by atoms with Crippen LogP contribution in [0.15, 0.2) is 35.1 Å². The largest absolute Gasteiger partial charge is 0.314 e. The molecule has 0 spiro atoms. The van der Waals surface area contributed by atoms with E-state index < -0.39 is 0 Å². The van der Waals surface area contributed by atoms with Crippen LogP contribution in [-0.2, 0) is 7.05 Å². The lowest BCUT2D eigenvalue weighted by atomic mass is 9.99. The summed E-state index contributed by atoms with van der Waals surface area (Å²) >= 11 is 0. The van der Waals surface area contributed by atoms with Gasteiger partial charge in [-0.05, 0) is 37.8 Å². The molecular weight excluding hydrogens is 298 g/mol. The summed E-state index contributed by atoms with van der Waals surface area (Å²) in [7, 11) is 1.92. The molecule has 0 aliphatic carbocycles. The summed E-state index contributed by atoms with van der Waals surface area (Å²) in [6, 6.07) is 11.4. The molecule has 1 aliphatic heterocycles. The summed E-state index contributed by atoms with van der Waals surface area (Å²) in [5.74, 6) is 0. The first kappa shape index (κ1) is 17.2. The lowest BCUT2D eigenvalue weighted by Crippen LogP contribution is -2.55. The Bertz CT molecular complexity index is 757. The third kappa shape index (κ3) is 3.26. The van der Waals surface area contributed by atoms with Crippen molar-refractivity contribution in [3.05, 3.63) is 46.4 Å². The predicted molar refractivity (Wildman–Crippen MR) is 100 cm³/mol. The van der Waals surface area contributed by atoms with Crippen molar-refractivity contribution in [1.82, 2.24) is 14.8 Å². The molecule has 1 saturated heterocycles. The minimum atomic E-state index is 0.112. The van der Waals surface area contributed by atoms with Crippen LogP contribution in [0.3, 0.4) is 0 Å². The van der Waals surface area contributed by atoms with Gasteiger partial charge in [-0.15, -0.1) is 0 Å². The first-order valence-electron chi connectivity index (χ1n) is 9.10. The minimum Gasteiger partial charge on any atom is -0.314 e. The third-order valence-electron chi connectivity index (χ3n) is 5.12. The predicted octanol–water partition coefficient (Wildman–Crippen LogP) is 3.06. The fraction of sp³-hybridized carbons (Fsp3) is 0.550. The lowest BCUT2D eigenvalue weighted by molar-refractivity contribution is 0.112. The maximum atomic E-state index is 12.8. The van der Waals surface area contributed by atoms with E-state index in [1.807, 2.05) is 35.9 Å². The molecule has 2 aromatic rings. The molecule has 2 heterocycles. The van der Waals surface area contributed by atoms with Crippen molar-refractivity contribution in [3.8, 4) is 0 Å². The van der Waals surface area contributed by atoms with E-state index in [1.165, 1.54) is 0 Å². The van der Waals surface area contributed by atoms with Gasteiger partial charge in [-0.1, -0.05) is 31.5 Å². The van der Waals surface area contributed by atoms with Gasteiger partial charge in [0.1, 0.15) is 0 Å². The first-order valence-corrected chi connectivity index (χ1v) is 9.10. The molecule has 1 N–H and O–H groups in total. The summed E-state index contributed by atoms with van der Waals surface area (Å²) in [5.41, 5.74) is 1.25. The molecule has 3 atom stereocenters. The summed E-state index contributed by atoms with van der Waals surface area (Å²) in [4.78, 5) is 15.4. The molecule has 1 aliphatic rings. The summed E-state index contributed by atoms with van der Waals surface area (Å²) in [6.07, 6.45) is 2.18. The second kappa shape index (κ2) is 7.08. The molecule has 4 nitrogen and oxygen atoms in total.